The molecule has 54 heavy (non-hydrogen) atoms. The SMILES string of the molecule is C=CCCCCOc1nccc(C(F)(F)F)c1C(=O)N1CCC[C@@](Oc2csc(C)c2)(C(=O)N2CCN(c3ccccc3OCCOC)CC2)[C@H]1CC=C. The number of pyridine rings is 1. The maximum atomic E-state index is 15.0. The van der Waals surface area contributed by atoms with Gasteiger partial charge in [-0.2, -0.15) is 13.2 Å². The van der Waals surface area contributed by atoms with E-state index in [1.54, 1.807) is 29.5 Å². The van der Waals surface area contributed by atoms with Gasteiger partial charge in [-0.25, -0.2) is 4.98 Å². The van der Waals surface area contributed by atoms with Crippen molar-refractivity contribution in [2.75, 3.05) is 64.6 Å². The Morgan fingerprint density at radius 2 is 1.80 bits per heavy atom. The number of allylic oxidation sites excluding steroid dienone is 1. The first kappa shape index (κ1) is 40.6. The van der Waals surface area contributed by atoms with Crippen LogP contribution in [0.3, 0.4) is 0 Å². The Labute approximate surface area is 319 Å². The molecule has 2 aliphatic rings. The number of anilines is 1. The fourth-order valence-electron chi connectivity index (χ4n) is 7.09. The molecule has 292 valence electrons. The van der Waals surface area contributed by atoms with Gasteiger partial charge in [0.2, 0.25) is 11.5 Å². The zero-order valence-corrected chi connectivity index (χ0v) is 31.8. The number of alkyl halides is 3. The van der Waals surface area contributed by atoms with E-state index in [9.17, 15) is 18.0 Å². The number of hydrogen-bond acceptors (Lipinski definition) is 9. The van der Waals surface area contributed by atoms with Gasteiger partial charge < -0.3 is 33.6 Å². The van der Waals surface area contributed by atoms with Crippen molar-refractivity contribution in [1.82, 2.24) is 14.8 Å². The molecule has 2 saturated heterocycles. The highest BCUT2D eigenvalue weighted by Gasteiger charge is 2.56. The van der Waals surface area contributed by atoms with Crippen molar-refractivity contribution in [3.63, 3.8) is 0 Å². The van der Waals surface area contributed by atoms with E-state index >= 15 is 4.79 Å². The topological polar surface area (TPSA) is 93.7 Å². The van der Waals surface area contributed by atoms with E-state index in [1.165, 1.54) is 16.2 Å². The molecule has 2 aliphatic heterocycles. The van der Waals surface area contributed by atoms with Crippen LogP contribution in [0.25, 0.3) is 0 Å². The van der Waals surface area contributed by atoms with E-state index < -0.39 is 40.7 Å². The third kappa shape index (κ3) is 9.38. The predicted molar refractivity (Wildman–Crippen MR) is 203 cm³/mol. The van der Waals surface area contributed by atoms with Gasteiger partial charge in [0.1, 0.15) is 23.7 Å². The molecule has 0 radical (unpaired) electrons. The summed E-state index contributed by atoms with van der Waals surface area (Å²) < 4.78 is 67.3. The van der Waals surface area contributed by atoms with Crippen LogP contribution in [0, 0.1) is 6.92 Å². The number of likely N-dealkylation sites (tertiary alicyclic amines) is 1. The van der Waals surface area contributed by atoms with Gasteiger partial charge in [-0.05, 0) is 63.3 Å². The van der Waals surface area contributed by atoms with Crippen LogP contribution in [0.5, 0.6) is 17.4 Å². The van der Waals surface area contributed by atoms with Gasteiger partial charge >= 0.3 is 6.18 Å². The molecule has 0 bridgehead atoms. The lowest BCUT2D eigenvalue weighted by Gasteiger charge is -2.50. The van der Waals surface area contributed by atoms with Crippen molar-refractivity contribution in [2.24, 2.45) is 0 Å². The molecule has 5 rings (SSSR count). The minimum Gasteiger partial charge on any atom is -0.489 e. The van der Waals surface area contributed by atoms with Crippen LogP contribution in [-0.4, -0.2) is 97.9 Å². The molecule has 2 amide bonds. The standard InChI is InChI=1S/C40H49F3N4O6S/c1-5-7-8-11-24-52-36-35(31(16-18-44-36)40(41,42)43)37(48)47-19-12-17-39(34(47)13-6-2,53-30-27-29(3)54-28-30)38(49)46-22-20-45(21-23-46)32-14-9-10-15-33(32)51-26-25-50-4/h5-6,9-10,14-16,18,27-28,34H,1-2,7-8,11-13,17,19-26H2,3-4H3/t34-,39+/m1/s1. The first-order valence-electron chi connectivity index (χ1n) is 18.2. The second kappa shape index (κ2) is 18.7. The smallest absolute Gasteiger partial charge is 0.417 e. The molecule has 0 N–H and O–H groups in total. The molecule has 3 aromatic rings. The highest BCUT2D eigenvalue weighted by atomic mass is 32.1. The van der Waals surface area contributed by atoms with Crippen molar-refractivity contribution in [1.29, 1.82) is 0 Å². The van der Waals surface area contributed by atoms with E-state index in [4.69, 9.17) is 18.9 Å². The number of ether oxygens (including phenoxy) is 4. The average Bonchev–Trinajstić information content (AvgIpc) is 3.58. The number of unbranched alkanes of at least 4 members (excludes halogenated alkanes) is 2. The van der Waals surface area contributed by atoms with Gasteiger partial charge in [-0.15, -0.1) is 24.5 Å². The second-order valence-electron chi connectivity index (χ2n) is 13.3. The van der Waals surface area contributed by atoms with E-state index in [0.29, 0.717) is 76.6 Å². The van der Waals surface area contributed by atoms with Crippen molar-refractivity contribution in [2.45, 2.75) is 63.3 Å². The normalized spacial score (nSPS) is 19.0. The zero-order valence-electron chi connectivity index (χ0n) is 30.9. The van der Waals surface area contributed by atoms with Crippen LogP contribution < -0.4 is 19.1 Å². The quantitative estimate of drug-likeness (QED) is 0.103. The van der Waals surface area contributed by atoms with Crippen molar-refractivity contribution in [3.05, 3.63) is 89.3 Å². The fourth-order valence-corrected chi connectivity index (χ4v) is 7.69. The summed E-state index contributed by atoms with van der Waals surface area (Å²) in [6, 6.07) is 9.32. The molecule has 1 aromatic carbocycles. The number of rotatable bonds is 17. The lowest BCUT2D eigenvalue weighted by molar-refractivity contribution is -0.159. The number of benzene rings is 1. The number of halogens is 3. The summed E-state index contributed by atoms with van der Waals surface area (Å²) in [4.78, 5) is 39.9. The summed E-state index contributed by atoms with van der Waals surface area (Å²) in [6.07, 6.45) is 2.05. The summed E-state index contributed by atoms with van der Waals surface area (Å²) in [5.41, 5.74) is -2.56. The Bertz CT molecular complexity index is 1740. The Morgan fingerprint density at radius 1 is 1.02 bits per heavy atom. The Balaban J connectivity index is 1.48. The largest absolute Gasteiger partial charge is 0.489 e. The number of carbonyl (C=O) groups is 2. The Hall–Kier alpha value is -4.56. The number of piperazine rings is 1. The molecule has 0 aliphatic carbocycles. The zero-order chi connectivity index (χ0) is 38.7. The first-order chi connectivity index (χ1) is 26.0. The summed E-state index contributed by atoms with van der Waals surface area (Å²) in [5.74, 6) is -0.495. The van der Waals surface area contributed by atoms with Gasteiger partial charge in [-0.1, -0.05) is 24.3 Å². The number of piperidine rings is 1. The molecule has 4 heterocycles. The molecule has 2 fully saturated rings. The van der Waals surface area contributed by atoms with Crippen LogP contribution in [0.15, 0.2) is 73.3 Å². The lowest BCUT2D eigenvalue weighted by atomic mass is 9.80. The number of aromatic nitrogens is 1. The predicted octanol–water partition coefficient (Wildman–Crippen LogP) is 7.58. The minimum absolute atomic E-state index is 0.0668. The van der Waals surface area contributed by atoms with E-state index in [0.717, 1.165) is 22.8 Å². The van der Waals surface area contributed by atoms with Gasteiger partial charge in [0.15, 0.2) is 0 Å². The van der Waals surface area contributed by atoms with Gasteiger partial charge in [0.05, 0.1) is 30.5 Å². The van der Waals surface area contributed by atoms with Crippen LogP contribution in [0.2, 0.25) is 0 Å². The van der Waals surface area contributed by atoms with Crippen molar-refractivity contribution >= 4 is 28.8 Å². The van der Waals surface area contributed by atoms with Crippen LogP contribution >= 0.6 is 11.3 Å². The van der Waals surface area contributed by atoms with E-state index in [2.05, 4.69) is 23.0 Å². The molecule has 14 heteroatoms. The number of nitrogens with zero attached hydrogens (tertiary/aromatic N) is 4. The molecular formula is C40H49F3N4O6S. The Morgan fingerprint density at radius 3 is 2.48 bits per heavy atom. The number of aryl methyl sites for hydroxylation is 1. The molecule has 2 atom stereocenters. The number of carbonyl (C=O) groups excluding carboxylic acids is 2. The van der Waals surface area contributed by atoms with Crippen molar-refractivity contribution in [3.8, 4) is 17.4 Å². The number of hydrogen-bond donors (Lipinski definition) is 0. The molecule has 0 unspecified atom stereocenters. The lowest BCUT2D eigenvalue weighted by Crippen LogP contribution is -2.69. The molecule has 0 spiro atoms. The summed E-state index contributed by atoms with van der Waals surface area (Å²) in [6.45, 7) is 12.2. The summed E-state index contributed by atoms with van der Waals surface area (Å²) in [5, 5.41) is 1.80. The molecule has 10 nitrogen and oxygen atoms in total. The van der Waals surface area contributed by atoms with Crippen LogP contribution in [0.4, 0.5) is 18.9 Å². The molecular weight excluding hydrogens is 722 g/mol. The second-order valence-corrected chi connectivity index (χ2v) is 14.4. The average molecular weight is 771 g/mol. The number of thiophene rings is 1. The maximum Gasteiger partial charge on any atom is 0.417 e. The third-order valence-electron chi connectivity index (χ3n) is 9.68. The van der Waals surface area contributed by atoms with Gasteiger partial charge in [0, 0.05) is 62.7 Å². The molecule has 0 saturated carbocycles. The number of amides is 2. The number of methoxy groups -OCH3 is 1. The Kier molecular flexibility index (Phi) is 14.0. The highest BCUT2D eigenvalue weighted by Crippen LogP contribution is 2.42. The van der Waals surface area contributed by atoms with Crippen molar-refractivity contribution < 1.29 is 41.7 Å². The monoisotopic (exact) mass is 770 g/mol. The van der Waals surface area contributed by atoms with Crippen LogP contribution in [-0.2, 0) is 15.7 Å². The maximum absolute atomic E-state index is 15.0. The van der Waals surface area contributed by atoms with Gasteiger partial charge in [-0.3, -0.25) is 9.59 Å². The third-order valence-corrected chi connectivity index (χ3v) is 10.5. The van der Waals surface area contributed by atoms with Crippen LogP contribution in [0.1, 0.15) is 59.3 Å². The fraction of sp³-hybridized carbons (Fsp3) is 0.475. The van der Waals surface area contributed by atoms with E-state index in [1.807, 2.05) is 37.3 Å². The molecule has 2 aromatic heterocycles. The highest BCUT2D eigenvalue weighted by molar-refractivity contribution is 7.10. The number of para-hydroxylation sites is 2. The van der Waals surface area contributed by atoms with Gasteiger partial charge in [0.25, 0.3) is 11.8 Å². The summed E-state index contributed by atoms with van der Waals surface area (Å²) in [7, 11) is 1.61. The van der Waals surface area contributed by atoms with E-state index in [-0.39, 0.29) is 31.9 Å². The first-order valence-corrected chi connectivity index (χ1v) is 19.1. The minimum atomic E-state index is -4.87. The summed E-state index contributed by atoms with van der Waals surface area (Å²) >= 11 is 1.45.